The number of amides is 1. The standard InChI is InChI=1S/C13H14FN3OS/c1-2-12-16-17-13(19-12)15-11(18)8-5-9-3-6-10(14)7-4-9/h3-4,6-7H,2,5,8H2,1H3,(H,15,17,18). The van der Waals surface area contributed by atoms with Crippen LogP contribution in [0.2, 0.25) is 0 Å². The average Bonchev–Trinajstić information content (AvgIpc) is 2.86. The molecule has 19 heavy (non-hydrogen) atoms. The van der Waals surface area contributed by atoms with Crippen LogP contribution in [0.3, 0.4) is 0 Å². The lowest BCUT2D eigenvalue weighted by Crippen LogP contribution is -2.12. The number of hydrogen-bond donors (Lipinski definition) is 1. The Bertz CT molecular complexity index is 553. The van der Waals surface area contributed by atoms with Crippen LogP contribution in [0.15, 0.2) is 24.3 Å². The van der Waals surface area contributed by atoms with Gasteiger partial charge in [0.15, 0.2) is 0 Å². The first kappa shape index (κ1) is 13.6. The van der Waals surface area contributed by atoms with Gasteiger partial charge in [-0.1, -0.05) is 30.4 Å². The van der Waals surface area contributed by atoms with E-state index >= 15 is 0 Å². The summed E-state index contributed by atoms with van der Waals surface area (Å²) in [6, 6.07) is 6.16. The number of carbonyl (C=O) groups is 1. The number of anilines is 1. The van der Waals surface area contributed by atoms with Crippen molar-refractivity contribution >= 4 is 22.4 Å². The van der Waals surface area contributed by atoms with Crippen molar-refractivity contribution in [3.05, 3.63) is 40.7 Å². The van der Waals surface area contributed by atoms with Crippen LogP contribution in [0.1, 0.15) is 23.9 Å². The third-order valence-electron chi connectivity index (χ3n) is 2.57. The maximum absolute atomic E-state index is 12.7. The van der Waals surface area contributed by atoms with Crippen molar-refractivity contribution in [2.24, 2.45) is 0 Å². The van der Waals surface area contributed by atoms with Gasteiger partial charge < -0.3 is 5.32 Å². The van der Waals surface area contributed by atoms with Gasteiger partial charge in [0.2, 0.25) is 11.0 Å². The molecule has 1 amide bonds. The van der Waals surface area contributed by atoms with Crippen LogP contribution >= 0.6 is 11.3 Å². The predicted molar refractivity (Wildman–Crippen MR) is 72.6 cm³/mol. The third kappa shape index (κ3) is 4.10. The molecular formula is C13H14FN3OS. The van der Waals surface area contributed by atoms with E-state index in [2.05, 4.69) is 15.5 Å². The van der Waals surface area contributed by atoms with Crippen LogP contribution in [0.25, 0.3) is 0 Å². The smallest absolute Gasteiger partial charge is 0.226 e. The number of benzene rings is 1. The molecule has 0 radical (unpaired) electrons. The molecule has 0 aliphatic carbocycles. The van der Waals surface area contributed by atoms with Crippen molar-refractivity contribution in [2.75, 3.05) is 5.32 Å². The fraction of sp³-hybridized carbons (Fsp3) is 0.308. The van der Waals surface area contributed by atoms with Crippen LogP contribution in [0.5, 0.6) is 0 Å². The third-order valence-corrected chi connectivity index (χ3v) is 3.55. The summed E-state index contributed by atoms with van der Waals surface area (Å²) >= 11 is 1.38. The molecule has 2 rings (SSSR count). The van der Waals surface area contributed by atoms with Gasteiger partial charge in [-0.15, -0.1) is 10.2 Å². The van der Waals surface area contributed by atoms with Crippen LogP contribution in [0, 0.1) is 5.82 Å². The molecule has 1 aromatic carbocycles. The first-order valence-electron chi connectivity index (χ1n) is 6.04. The number of carbonyl (C=O) groups excluding carboxylic acids is 1. The second-order valence-corrected chi connectivity index (χ2v) is 5.09. The van der Waals surface area contributed by atoms with Gasteiger partial charge in [-0.05, 0) is 30.5 Å². The van der Waals surface area contributed by atoms with Gasteiger partial charge in [0.05, 0.1) is 0 Å². The number of aryl methyl sites for hydroxylation is 2. The normalized spacial score (nSPS) is 10.4. The summed E-state index contributed by atoms with van der Waals surface area (Å²) in [4.78, 5) is 11.7. The number of aromatic nitrogens is 2. The lowest BCUT2D eigenvalue weighted by Gasteiger charge is -2.01. The van der Waals surface area contributed by atoms with Crippen LogP contribution in [-0.2, 0) is 17.6 Å². The van der Waals surface area contributed by atoms with Gasteiger partial charge in [-0.3, -0.25) is 4.79 Å². The fourth-order valence-electron chi connectivity index (χ4n) is 1.54. The summed E-state index contributed by atoms with van der Waals surface area (Å²) in [5.74, 6) is -0.378. The zero-order chi connectivity index (χ0) is 13.7. The van der Waals surface area contributed by atoms with Crippen molar-refractivity contribution in [3.8, 4) is 0 Å². The van der Waals surface area contributed by atoms with E-state index in [1.165, 1.54) is 23.5 Å². The highest BCUT2D eigenvalue weighted by atomic mass is 32.1. The Hall–Kier alpha value is -1.82. The molecule has 0 fully saturated rings. The minimum Gasteiger partial charge on any atom is -0.301 e. The molecule has 1 N–H and O–H groups in total. The first-order chi connectivity index (χ1) is 9.17. The Morgan fingerprint density at radius 2 is 2.05 bits per heavy atom. The quantitative estimate of drug-likeness (QED) is 0.915. The van der Waals surface area contributed by atoms with Gasteiger partial charge >= 0.3 is 0 Å². The minimum absolute atomic E-state index is 0.108. The monoisotopic (exact) mass is 279 g/mol. The topological polar surface area (TPSA) is 54.9 Å². The maximum Gasteiger partial charge on any atom is 0.226 e. The Balaban J connectivity index is 1.82. The van der Waals surface area contributed by atoms with Crippen LogP contribution in [-0.4, -0.2) is 16.1 Å². The number of nitrogens with one attached hydrogen (secondary N) is 1. The van der Waals surface area contributed by atoms with E-state index < -0.39 is 0 Å². The summed E-state index contributed by atoms with van der Waals surface area (Å²) in [7, 11) is 0. The summed E-state index contributed by atoms with van der Waals surface area (Å²) < 4.78 is 12.7. The van der Waals surface area contributed by atoms with Crippen molar-refractivity contribution in [3.63, 3.8) is 0 Å². The molecule has 100 valence electrons. The predicted octanol–water partition coefficient (Wildman–Crippen LogP) is 2.81. The summed E-state index contributed by atoms with van der Waals surface area (Å²) in [5.41, 5.74) is 0.933. The van der Waals surface area contributed by atoms with Gasteiger partial charge in [0, 0.05) is 6.42 Å². The summed E-state index contributed by atoms with van der Waals surface area (Å²) in [5, 5.41) is 11.9. The molecule has 0 spiro atoms. The van der Waals surface area contributed by atoms with E-state index in [1.54, 1.807) is 12.1 Å². The second-order valence-electron chi connectivity index (χ2n) is 4.03. The molecule has 2 aromatic rings. The average molecular weight is 279 g/mol. The van der Waals surface area contributed by atoms with E-state index in [4.69, 9.17) is 0 Å². The Labute approximate surface area is 114 Å². The Kier molecular flexibility index (Phi) is 4.57. The molecule has 0 aliphatic rings. The summed E-state index contributed by atoms with van der Waals surface area (Å²) in [6.07, 6.45) is 1.72. The van der Waals surface area contributed by atoms with Gasteiger partial charge in [0.25, 0.3) is 0 Å². The second kappa shape index (κ2) is 6.38. The minimum atomic E-state index is -0.269. The molecular weight excluding hydrogens is 265 g/mol. The van der Waals surface area contributed by atoms with Crippen molar-refractivity contribution in [2.45, 2.75) is 26.2 Å². The summed E-state index contributed by atoms with van der Waals surface area (Å²) in [6.45, 7) is 1.99. The Morgan fingerprint density at radius 1 is 1.32 bits per heavy atom. The van der Waals surface area contributed by atoms with Crippen molar-refractivity contribution < 1.29 is 9.18 Å². The van der Waals surface area contributed by atoms with E-state index in [0.717, 1.165) is 17.0 Å². The molecule has 0 atom stereocenters. The van der Waals surface area contributed by atoms with Gasteiger partial charge in [0.1, 0.15) is 10.8 Å². The number of halogens is 1. The van der Waals surface area contributed by atoms with Gasteiger partial charge in [-0.25, -0.2) is 4.39 Å². The lowest BCUT2D eigenvalue weighted by atomic mass is 10.1. The number of nitrogens with zero attached hydrogens (tertiary/aromatic N) is 2. The molecule has 0 unspecified atom stereocenters. The molecule has 0 saturated heterocycles. The zero-order valence-electron chi connectivity index (χ0n) is 10.5. The Morgan fingerprint density at radius 3 is 2.68 bits per heavy atom. The molecule has 4 nitrogen and oxygen atoms in total. The van der Waals surface area contributed by atoms with E-state index in [0.29, 0.717) is 18.0 Å². The highest BCUT2D eigenvalue weighted by Crippen LogP contribution is 2.15. The highest BCUT2D eigenvalue weighted by Gasteiger charge is 2.07. The molecule has 0 saturated carbocycles. The fourth-order valence-corrected chi connectivity index (χ4v) is 2.23. The number of hydrogen-bond acceptors (Lipinski definition) is 4. The van der Waals surface area contributed by atoms with Gasteiger partial charge in [-0.2, -0.15) is 0 Å². The van der Waals surface area contributed by atoms with Crippen LogP contribution < -0.4 is 5.32 Å². The maximum atomic E-state index is 12.7. The highest BCUT2D eigenvalue weighted by molar-refractivity contribution is 7.15. The van der Waals surface area contributed by atoms with E-state index in [1.807, 2.05) is 6.92 Å². The van der Waals surface area contributed by atoms with Crippen LogP contribution in [0.4, 0.5) is 9.52 Å². The molecule has 6 heteroatoms. The van der Waals surface area contributed by atoms with E-state index in [9.17, 15) is 9.18 Å². The first-order valence-corrected chi connectivity index (χ1v) is 6.85. The SMILES string of the molecule is CCc1nnc(NC(=O)CCc2ccc(F)cc2)s1. The zero-order valence-corrected chi connectivity index (χ0v) is 11.3. The molecule has 0 bridgehead atoms. The largest absolute Gasteiger partial charge is 0.301 e. The molecule has 1 heterocycles. The molecule has 0 aliphatic heterocycles. The van der Waals surface area contributed by atoms with Crippen molar-refractivity contribution in [1.82, 2.24) is 10.2 Å². The molecule has 1 aromatic heterocycles. The van der Waals surface area contributed by atoms with E-state index in [-0.39, 0.29) is 11.7 Å². The lowest BCUT2D eigenvalue weighted by molar-refractivity contribution is -0.116. The number of rotatable bonds is 5. The van der Waals surface area contributed by atoms with Crippen molar-refractivity contribution in [1.29, 1.82) is 0 Å².